The second kappa shape index (κ2) is 6.46. The molecule has 1 aromatic carbocycles. The number of nitriles is 1. The summed E-state index contributed by atoms with van der Waals surface area (Å²) in [6.45, 7) is 1.48. The van der Waals surface area contributed by atoms with Gasteiger partial charge in [0.1, 0.15) is 6.07 Å². The fourth-order valence-electron chi connectivity index (χ4n) is 3.17. The number of carboxylic acid groups (broad SMARTS) is 2. The zero-order valence-corrected chi connectivity index (χ0v) is 14.3. The monoisotopic (exact) mass is 368 g/mol. The summed E-state index contributed by atoms with van der Waals surface area (Å²) < 4.78 is 0.642. The predicted molar refractivity (Wildman–Crippen MR) is 93.5 cm³/mol. The average Bonchev–Trinajstić information content (AvgIpc) is 3.03. The van der Waals surface area contributed by atoms with Gasteiger partial charge in [-0.2, -0.15) is 5.26 Å². The molecular formula is C18H12N2O5S. The third kappa shape index (κ3) is 2.55. The van der Waals surface area contributed by atoms with Gasteiger partial charge >= 0.3 is 11.9 Å². The Labute approximate surface area is 151 Å². The second-order valence-electron chi connectivity index (χ2n) is 5.64. The first-order chi connectivity index (χ1) is 12.4. The van der Waals surface area contributed by atoms with Crippen LogP contribution in [0.2, 0.25) is 0 Å². The highest BCUT2D eigenvalue weighted by Crippen LogP contribution is 2.43. The minimum absolute atomic E-state index is 0.143. The number of carboxylic acids is 2. The van der Waals surface area contributed by atoms with Crippen LogP contribution in [0.4, 0.5) is 0 Å². The fourth-order valence-corrected chi connectivity index (χ4v) is 4.23. The lowest BCUT2D eigenvalue weighted by atomic mass is 9.80. The van der Waals surface area contributed by atoms with E-state index in [1.807, 2.05) is 0 Å². The SMILES string of the molecule is CC1=C(C(=O)O)C(c2csc3c(C#N)cccc23)C(C(=O)O)=C(C=O)N1. The first-order valence-electron chi connectivity index (χ1n) is 7.44. The second-order valence-corrected chi connectivity index (χ2v) is 6.52. The van der Waals surface area contributed by atoms with Gasteiger partial charge < -0.3 is 15.5 Å². The van der Waals surface area contributed by atoms with Crippen molar-refractivity contribution >= 4 is 39.6 Å². The first-order valence-corrected chi connectivity index (χ1v) is 8.32. The van der Waals surface area contributed by atoms with Crippen molar-refractivity contribution in [3.05, 3.63) is 57.2 Å². The van der Waals surface area contributed by atoms with Crippen LogP contribution in [0.1, 0.15) is 24.0 Å². The molecule has 0 spiro atoms. The number of aliphatic carboxylic acids is 2. The molecule has 1 aliphatic heterocycles. The lowest BCUT2D eigenvalue weighted by Crippen LogP contribution is -2.32. The number of rotatable bonds is 4. The van der Waals surface area contributed by atoms with E-state index < -0.39 is 17.9 Å². The fraction of sp³-hybridized carbons (Fsp3) is 0.111. The van der Waals surface area contributed by atoms with Gasteiger partial charge in [0.15, 0.2) is 6.29 Å². The minimum atomic E-state index is -1.38. The van der Waals surface area contributed by atoms with Gasteiger partial charge in [0.25, 0.3) is 0 Å². The van der Waals surface area contributed by atoms with Crippen molar-refractivity contribution in [2.45, 2.75) is 12.8 Å². The Morgan fingerprint density at radius 2 is 1.96 bits per heavy atom. The van der Waals surface area contributed by atoms with E-state index in [4.69, 9.17) is 0 Å². The summed E-state index contributed by atoms with van der Waals surface area (Å²) in [4.78, 5) is 35.1. The van der Waals surface area contributed by atoms with Gasteiger partial charge in [-0.25, -0.2) is 9.59 Å². The van der Waals surface area contributed by atoms with E-state index in [2.05, 4.69) is 11.4 Å². The van der Waals surface area contributed by atoms with Crippen molar-refractivity contribution in [3.63, 3.8) is 0 Å². The van der Waals surface area contributed by atoms with Gasteiger partial charge in [-0.3, -0.25) is 4.79 Å². The molecule has 0 bridgehead atoms. The van der Waals surface area contributed by atoms with E-state index in [0.717, 1.165) is 0 Å². The largest absolute Gasteiger partial charge is 0.478 e. The molecule has 1 aliphatic rings. The first kappa shape index (κ1) is 17.4. The molecule has 2 heterocycles. The number of nitrogens with zero attached hydrogens (tertiary/aromatic N) is 1. The van der Waals surface area contributed by atoms with Crippen molar-refractivity contribution in [3.8, 4) is 6.07 Å². The summed E-state index contributed by atoms with van der Waals surface area (Å²) in [5.74, 6) is -3.79. The molecule has 8 heteroatoms. The van der Waals surface area contributed by atoms with Gasteiger partial charge in [0.2, 0.25) is 0 Å². The van der Waals surface area contributed by atoms with Crippen molar-refractivity contribution in [2.75, 3.05) is 0 Å². The number of fused-ring (bicyclic) bond motifs is 1. The zero-order chi connectivity index (χ0) is 19.0. The lowest BCUT2D eigenvalue weighted by Gasteiger charge is -2.27. The molecule has 3 N–H and O–H groups in total. The Balaban J connectivity index is 2.37. The van der Waals surface area contributed by atoms with Crippen molar-refractivity contribution < 1.29 is 24.6 Å². The number of benzene rings is 1. The topological polar surface area (TPSA) is 127 Å². The maximum Gasteiger partial charge on any atom is 0.334 e. The summed E-state index contributed by atoms with van der Waals surface area (Å²) in [6.07, 6.45) is 0.369. The smallest absolute Gasteiger partial charge is 0.334 e. The Bertz CT molecular complexity index is 1070. The molecule has 0 saturated carbocycles. The number of carbonyl (C=O) groups is 3. The maximum atomic E-state index is 11.8. The summed E-state index contributed by atoms with van der Waals surface area (Å²) in [5.41, 5.74) is 0.408. The summed E-state index contributed by atoms with van der Waals surface area (Å²) >= 11 is 1.23. The number of allylic oxidation sites excluding steroid dienone is 2. The number of dihydropyridines is 1. The molecule has 26 heavy (non-hydrogen) atoms. The van der Waals surface area contributed by atoms with Crippen LogP contribution in [-0.2, 0) is 14.4 Å². The normalized spacial score (nSPS) is 17.0. The van der Waals surface area contributed by atoms with E-state index >= 15 is 0 Å². The van der Waals surface area contributed by atoms with Crippen LogP contribution in [0, 0.1) is 11.3 Å². The number of nitrogens with one attached hydrogen (secondary N) is 1. The summed E-state index contributed by atoms with van der Waals surface area (Å²) in [6, 6.07) is 7.06. The van der Waals surface area contributed by atoms with E-state index in [0.29, 0.717) is 27.5 Å². The summed E-state index contributed by atoms with van der Waals surface area (Å²) in [5, 5.41) is 33.4. The number of carbonyl (C=O) groups excluding carboxylic acids is 1. The standard InChI is InChI=1S/C18H12N2O5S/c1-8-13(17(22)23)14(15(18(24)25)12(6-21)20-8)11-7-26-16-9(5-19)3-2-4-10(11)16/h2-4,6-7,14,20H,1H3,(H,22,23)(H,24,25). The Kier molecular flexibility index (Phi) is 4.32. The van der Waals surface area contributed by atoms with E-state index in [1.165, 1.54) is 18.3 Å². The number of aldehydes is 1. The third-order valence-electron chi connectivity index (χ3n) is 4.23. The number of hydrogen-bond acceptors (Lipinski definition) is 6. The highest BCUT2D eigenvalue weighted by molar-refractivity contribution is 7.17. The molecule has 0 aliphatic carbocycles. The average molecular weight is 368 g/mol. The molecule has 0 saturated heterocycles. The molecule has 0 radical (unpaired) electrons. The number of thiophene rings is 1. The third-order valence-corrected chi connectivity index (χ3v) is 5.28. The van der Waals surface area contributed by atoms with Crippen molar-refractivity contribution in [1.82, 2.24) is 5.32 Å². The van der Waals surface area contributed by atoms with Gasteiger partial charge in [-0.1, -0.05) is 12.1 Å². The van der Waals surface area contributed by atoms with E-state index in [9.17, 15) is 29.9 Å². The molecule has 130 valence electrons. The van der Waals surface area contributed by atoms with Gasteiger partial charge in [-0.15, -0.1) is 11.3 Å². The van der Waals surface area contributed by atoms with Crippen LogP contribution in [-0.4, -0.2) is 28.4 Å². The Morgan fingerprint density at radius 3 is 2.54 bits per heavy atom. The molecular weight excluding hydrogens is 356 g/mol. The predicted octanol–water partition coefficient (Wildman–Crippen LogP) is 2.36. The Hall–Kier alpha value is -3.44. The molecule has 0 fully saturated rings. The molecule has 1 aromatic heterocycles. The lowest BCUT2D eigenvalue weighted by molar-refractivity contribution is -0.133. The minimum Gasteiger partial charge on any atom is -0.478 e. The van der Waals surface area contributed by atoms with Gasteiger partial charge in [0, 0.05) is 5.70 Å². The highest BCUT2D eigenvalue weighted by atomic mass is 32.1. The van der Waals surface area contributed by atoms with Crippen LogP contribution < -0.4 is 5.32 Å². The van der Waals surface area contributed by atoms with Crippen molar-refractivity contribution in [2.24, 2.45) is 0 Å². The zero-order valence-electron chi connectivity index (χ0n) is 13.4. The molecule has 7 nitrogen and oxygen atoms in total. The Morgan fingerprint density at radius 1 is 1.27 bits per heavy atom. The van der Waals surface area contributed by atoms with E-state index in [-0.39, 0.29) is 22.5 Å². The van der Waals surface area contributed by atoms with Gasteiger partial charge in [0.05, 0.1) is 33.0 Å². The molecule has 1 unspecified atom stereocenters. The highest BCUT2D eigenvalue weighted by Gasteiger charge is 2.38. The van der Waals surface area contributed by atoms with Crippen LogP contribution in [0.3, 0.4) is 0 Å². The quantitative estimate of drug-likeness (QED) is 0.707. The van der Waals surface area contributed by atoms with Gasteiger partial charge in [-0.05, 0) is 29.3 Å². The van der Waals surface area contributed by atoms with Crippen LogP contribution >= 0.6 is 11.3 Å². The van der Waals surface area contributed by atoms with Crippen LogP contribution in [0.25, 0.3) is 10.1 Å². The maximum absolute atomic E-state index is 11.8. The molecule has 3 rings (SSSR count). The van der Waals surface area contributed by atoms with Crippen LogP contribution in [0.15, 0.2) is 46.1 Å². The molecule has 2 aromatic rings. The van der Waals surface area contributed by atoms with Crippen molar-refractivity contribution in [1.29, 1.82) is 5.26 Å². The van der Waals surface area contributed by atoms with E-state index in [1.54, 1.807) is 23.6 Å². The molecule has 0 amide bonds. The van der Waals surface area contributed by atoms with Crippen LogP contribution in [0.5, 0.6) is 0 Å². The number of hydrogen-bond donors (Lipinski definition) is 3. The summed E-state index contributed by atoms with van der Waals surface area (Å²) in [7, 11) is 0. The molecule has 1 atom stereocenters.